The molecule has 3 N–H and O–H groups in total. The van der Waals surface area contributed by atoms with E-state index < -0.39 is 0 Å². The third-order valence-corrected chi connectivity index (χ3v) is 3.94. The number of carbonyl (C=O) groups excluding carboxylic acids is 1. The Balaban J connectivity index is 1.95. The molecule has 1 amide bonds. The van der Waals surface area contributed by atoms with Gasteiger partial charge in [0.1, 0.15) is 5.75 Å². The molecule has 20 heavy (non-hydrogen) atoms. The molecule has 0 aromatic heterocycles. The van der Waals surface area contributed by atoms with Crippen LogP contribution >= 0.6 is 11.6 Å². The van der Waals surface area contributed by atoms with Gasteiger partial charge in [0.25, 0.3) is 0 Å². The minimum Gasteiger partial charge on any atom is -0.492 e. The molecule has 1 fully saturated rings. The van der Waals surface area contributed by atoms with Crippen LogP contribution in [0.1, 0.15) is 32.6 Å². The lowest BCUT2D eigenvalue weighted by atomic mass is 9.86. The lowest BCUT2D eigenvalue weighted by Crippen LogP contribution is -2.32. The summed E-state index contributed by atoms with van der Waals surface area (Å²) in [6, 6.07) is 5.56. The molecule has 0 aliphatic heterocycles. The van der Waals surface area contributed by atoms with E-state index >= 15 is 0 Å². The van der Waals surface area contributed by atoms with Crippen molar-refractivity contribution in [3.05, 3.63) is 23.2 Å². The molecule has 0 bridgehead atoms. The van der Waals surface area contributed by atoms with Crippen LogP contribution in [0.15, 0.2) is 18.2 Å². The van der Waals surface area contributed by atoms with Crippen LogP contribution in [0.5, 0.6) is 5.75 Å². The number of halogens is 1. The molecule has 0 spiro atoms. The second kappa shape index (κ2) is 6.95. The third-order valence-electron chi connectivity index (χ3n) is 3.64. The first-order chi connectivity index (χ1) is 9.60. The van der Waals surface area contributed by atoms with Gasteiger partial charge in [-0.15, -0.1) is 0 Å². The number of hydrogen-bond acceptors (Lipinski definition) is 3. The van der Waals surface area contributed by atoms with E-state index in [-0.39, 0.29) is 17.9 Å². The number of amides is 1. The molecule has 0 radical (unpaired) electrons. The van der Waals surface area contributed by atoms with Gasteiger partial charge in [0.05, 0.1) is 11.6 Å². The number of rotatable bonds is 4. The fraction of sp³-hybridized carbons (Fsp3) is 0.533. The Morgan fingerprint density at radius 1 is 1.40 bits per heavy atom. The van der Waals surface area contributed by atoms with Gasteiger partial charge in [0.15, 0.2) is 0 Å². The maximum Gasteiger partial charge on any atom is 0.227 e. The third kappa shape index (κ3) is 3.87. The monoisotopic (exact) mass is 296 g/mol. The van der Waals surface area contributed by atoms with Gasteiger partial charge in [-0.05, 0) is 50.8 Å². The van der Waals surface area contributed by atoms with E-state index in [9.17, 15) is 4.79 Å². The highest BCUT2D eigenvalue weighted by molar-refractivity contribution is 6.32. The largest absolute Gasteiger partial charge is 0.492 e. The van der Waals surface area contributed by atoms with Crippen molar-refractivity contribution in [2.75, 3.05) is 11.9 Å². The maximum atomic E-state index is 12.2. The van der Waals surface area contributed by atoms with Gasteiger partial charge in [0, 0.05) is 17.6 Å². The molecular weight excluding hydrogens is 276 g/mol. The first kappa shape index (κ1) is 15.1. The molecule has 1 saturated carbocycles. The summed E-state index contributed by atoms with van der Waals surface area (Å²) in [5.74, 6) is 0.744. The summed E-state index contributed by atoms with van der Waals surface area (Å²) < 4.78 is 5.37. The lowest BCUT2D eigenvalue weighted by molar-refractivity contribution is -0.120. The first-order valence-electron chi connectivity index (χ1n) is 7.09. The van der Waals surface area contributed by atoms with Gasteiger partial charge in [-0.2, -0.15) is 0 Å². The molecule has 110 valence electrons. The van der Waals surface area contributed by atoms with Gasteiger partial charge in [-0.25, -0.2) is 0 Å². The molecule has 5 heteroatoms. The molecule has 0 saturated heterocycles. The summed E-state index contributed by atoms with van der Waals surface area (Å²) in [5.41, 5.74) is 6.56. The number of hydrogen-bond donors (Lipinski definition) is 2. The lowest BCUT2D eigenvalue weighted by Gasteiger charge is -2.25. The van der Waals surface area contributed by atoms with Crippen molar-refractivity contribution in [1.29, 1.82) is 0 Å². The predicted octanol–water partition coefficient (Wildman–Crippen LogP) is 3.19. The smallest absolute Gasteiger partial charge is 0.227 e. The van der Waals surface area contributed by atoms with Crippen molar-refractivity contribution < 1.29 is 9.53 Å². The van der Waals surface area contributed by atoms with E-state index in [2.05, 4.69) is 5.32 Å². The van der Waals surface area contributed by atoms with Crippen LogP contribution in [0.4, 0.5) is 5.69 Å². The Labute approximate surface area is 124 Å². The van der Waals surface area contributed by atoms with E-state index in [1.54, 1.807) is 12.1 Å². The molecule has 0 heterocycles. The van der Waals surface area contributed by atoms with Gasteiger partial charge < -0.3 is 15.8 Å². The Hall–Kier alpha value is -1.26. The summed E-state index contributed by atoms with van der Waals surface area (Å²) in [6.45, 7) is 2.47. The first-order valence-corrected chi connectivity index (χ1v) is 7.46. The second-order valence-corrected chi connectivity index (χ2v) is 5.59. The van der Waals surface area contributed by atoms with Crippen LogP contribution in [-0.4, -0.2) is 18.6 Å². The van der Waals surface area contributed by atoms with Crippen molar-refractivity contribution in [3.63, 3.8) is 0 Å². The van der Waals surface area contributed by atoms with E-state index in [1.807, 2.05) is 13.0 Å². The van der Waals surface area contributed by atoms with Crippen LogP contribution in [-0.2, 0) is 4.79 Å². The van der Waals surface area contributed by atoms with Crippen LogP contribution < -0.4 is 15.8 Å². The number of anilines is 1. The Bertz CT molecular complexity index is 471. The van der Waals surface area contributed by atoms with E-state index in [4.69, 9.17) is 22.1 Å². The van der Waals surface area contributed by atoms with E-state index in [0.29, 0.717) is 23.1 Å². The maximum absolute atomic E-state index is 12.2. The predicted molar refractivity (Wildman–Crippen MR) is 81.2 cm³/mol. The number of nitrogens with one attached hydrogen (secondary N) is 1. The Morgan fingerprint density at radius 2 is 2.10 bits per heavy atom. The molecule has 1 aromatic carbocycles. The van der Waals surface area contributed by atoms with Crippen LogP contribution in [0.3, 0.4) is 0 Å². The highest BCUT2D eigenvalue weighted by atomic mass is 35.5. The number of carbonyl (C=O) groups is 1. The molecular formula is C15H21ClN2O2. The second-order valence-electron chi connectivity index (χ2n) is 5.18. The SMILES string of the molecule is CCOc1ccc(NC(=O)C2CCC(N)CC2)cc1Cl. The summed E-state index contributed by atoms with van der Waals surface area (Å²) in [4.78, 5) is 12.2. The number of nitrogens with two attached hydrogens (primary N) is 1. The summed E-state index contributed by atoms with van der Waals surface area (Å²) in [5, 5.41) is 3.43. The zero-order valence-corrected chi connectivity index (χ0v) is 12.5. The molecule has 1 aliphatic rings. The number of ether oxygens (including phenoxy) is 1. The van der Waals surface area contributed by atoms with Crippen LogP contribution in [0, 0.1) is 5.92 Å². The average molecular weight is 297 g/mol. The van der Waals surface area contributed by atoms with Crippen molar-refractivity contribution in [2.45, 2.75) is 38.6 Å². The molecule has 4 nitrogen and oxygen atoms in total. The highest BCUT2D eigenvalue weighted by Gasteiger charge is 2.24. The summed E-state index contributed by atoms with van der Waals surface area (Å²) in [7, 11) is 0. The molecule has 1 aliphatic carbocycles. The van der Waals surface area contributed by atoms with Gasteiger partial charge in [0.2, 0.25) is 5.91 Å². The van der Waals surface area contributed by atoms with E-state index in [0.717, 1.165) is 25.7 Å². The topological polar surface area (TPSA) is 64.3 Å². The van der Waals surface area contributed by atoms with Crippen LogP contribution in [0.25, 0.3) is 0 Å². The minimum atomic E-state index is 0.0529. The summed E-state index contributed by atoms with van der Waals surface area (Å²) in [6.07, 6.45) is 3.56. The quantitative estimate of drug-likeness (QED) is 0.897. The van der Waals surface area contributed by atoms with Gasteiger partial charge >= 0.3 is 0 Å². The normalized spacial score (nSPS) is 22.4. The van der Waals surface area contributed by atoms with Crippen molar-refractivity contribution >= 4 is 23.2 Å². The fourth-order valence-electron chi connectivity index (χ4n) is 2.48. The molecule has 0 atom stereocenters. The Kier molecular flexibility index (Phi) is 5.26. The summed E-state index contributed by atoms with van der Waals surface area (Å²) >= 11 is 6.10. The minimum absolute atomic E-state index is 0.0529. The average Bonchev–Trinajstić information content (AvgIpc) is 2.42. The van der Waals surface area contributed by atoms with Crippen molar-refractivity contribution in [3.8, 4) is 5.75 Å². The molecule has 0 unspecified atom stereocenters. The zero-order valence-electron chi connectivity index (χ0n) is 11.7. The van der Waals surface area contributed by atoms with Crippen molar-refractivity contribution in [1.82, 2.24) is 0 Å². The van der Waals surface area contributed by atoms with Crippen LogP contribution in [0.2, 0.25) is 5.02 Å². The standard InChI is InChI=1S/C15H21ClN2O2/c1-2-20-14-8-7-12(9-13(14)16)18-15(19)10-3-5-11(17)6-4-10/h7-11H,2-6,17H2,1H3,(H,18,19). The van der Waals surface area contributed by atoms with Gasteiger partial charge in [-0.1, -0.05) is 11.6 Å². The fourth-order valence-corrected chi connectivity index (χ4v) is 2.71. The molecule has 1 aromatic rings. The van der Waals surface area contributed by atoms with Crippen molar-refractivity contribution in [2.24, 2.45) is 11.7 Å². The zero-order chi connectivity index (χ0) is 14.5. The highest BCUT2D eigenvalue weighted by Crippen LogP contribution is 2.29. The number of benzene rings is 1. The molecule has 2 rings (SSSR count). The van der Waals surface area contributed by atoms with Gasteiger partial charge in [-0.3, -0.25) is 4.79 Å². The van der Waals surface area contributed by atoms with E-state index in [1.165, 1.54) is 0 Å². The Morgan fingerprint density at radius 3 is 2.70 bits per heavy atom.